The van der Waals surface area contributed by atoms with Crippen LogP contribution in [0.25, 0.3) is 20.7 Å². The molecule has 1 aromatic carbocycles. The number of rotatable bonds is 5. The van der Waals surface area contributed by atoms with Crippen LogP contribution in [-0.4, -0.2) is 47.1 Å². The number of hydrogen-bond acceptors (Lipinski definition) is 5. The highest BCUT2D eigenvalue weighted by Gasteiger charge is 2.18. The lowest BCUT2D eigenvalue weighted by atomic mass is 10.2. The number of anilines is 1. The van der Waals surface area contributed by atoms with Crippen LogP contribution in [0, 0.1) is 0 Å². The number of fused-ring (bicyclic) bond motifs is 1. The lowest BCUT2D eigenvalue weighted by molar-refractivity contribution is 0.219. The Morgan fingerprint density at radius 3 is 3.08 bits per heavy atom. The van der Waals surface area contributed by atoms with E-state index in [9.17, 15) is 4.79 Å². The van der Waals surface area contributed by atoms with Gasteiger partial charge in [-0.2, -0.15) is 0 Å². The van der Waals surface area contributed by atoms with Crippen LogP contribution in [0.4, 0.5) is 10.7 Å². The van der Waals surface area contributed by atoms with E-state index in [0.717, 1.165) is 21.6 Å². The fourth-order valence-corrected chi connectivity index (χ4v) is 4.42. The Bertz CT molecular complexity index is 928. The van der Waals surface area contributed by atoms with Crippen LogP contribution in [-0.2, 0) is 0 Å². The molecule has 1 fully saturated rings. The maximum absolute atomic E-state index is 11.5. The number of carbonyl (C=O) groups excluding carboxylic acids is 1. The standard InChI is InChI=1S/C17H16BrN5OS/c18-12-3-1-2-11-10-14(25-15(11)12)13-4-5-19-16(22-13)20-6-8-23-9-7-21-17(23)24/h1-5,10H,6-9H2,(H,21,24)(H,19,20,22). The van der Waals surface area contributed by atoms with Crippen molar-refractivity contribution in [2.45, 2.75) is 0 Å². The van der Waals surface area contributed by atoms with Crippen LogP contribution >= 0.6 is 27.3 Å². The number of halogens is 1. The monoisotopic (exact) mass is 417 g/mol. The van der Waals surface area contributed by atoms with Crippen molar-refractivity contribution >= 4 is 49.3 Å². The fraction of sp³-hybridized carbons (Fsp3) is 0.235. The van der Waals surface area contributed by atoms with Gasteiger partial charge in [0, 0.05) is 41.5 Å². The molecule has 0 saturated carbocycles. The van der Waals surface area contributed by atoms with Gasteiger partial charge in [0.2, 0.25) is 5.95 Å². The number of benzene rings is 1. The van der Waals surface area contributed by atoms with E-state index in [0.29, 0.717) is 25.6 Å². The smallest absolute Gasteiger partial charge is 0.317 e. The molecule has 8 heteroatoms. The second kappa shape index (κ2) is 6.97. The van der Waals surface area contributed by atoms with Gasteiger partial charge in [0.1, 0.15) is 0 Å². The van der Waals surface area contributed by atoms with E-state index in [1.165, 1.54) is 10.1 Å². The fourth-order valence-electron chi connectivity index (χ4n) is 2.76. The van der Waals surface area contributed by atoms with Crippen LogP contribution in [0.1, 0.15) is 0 Å². The van der Waals surface area contributed by atoms with E-state index in [1.807, 2.05) is 18.2 Å². The zero-order chi connectivity index (χ0) is 17.2. The van der Waals surface area contributed by atoms with Crippen LogP contribution < -0.4 is 10.6 Å². The van der Waals surface area contributed by atoms with E-state index in [1.54, 1.807) is 22.4 Å². The van der Waals surface area contributed by atoms with Crippen molar-refractivity contribution in [3.63, 3.8) is 0 Å². The largest absolute Gasteiger partial charge is 0.352 e. The summed E-state index contributed by atoms with van der Waals surface area (Å²) < 4.78 is 2.31. The average molecular weight is 418 g/mol. The molecular weight excluding hydrogens is 402 g/mol. The minimum atomic E-state index is -0.00711. The maximum atomic E-state index is 11.5. The minimum absolute atomic E-state index is 0.00711. The molecule has 1 aliphatic heterocycles. The molecule has 0 radical (unpaired) electrons. The van der Waals surface area contributed by atoms with Crippen LogP contribution in [0.5, 0.6) is 0 Å². The van der Waals surface area contributed by atoms with Gasteiger partial charge in [0.05, 0.1) is 10.6 Å². The third kappa shape index (κ3) is 3.45. The van der Waals surface area contributed by atoms with Crippen molar-refractivity contribution < 1.29 is 4.79 Å². The van der Waals surface area contributed by atoms with Gasteiger partial charge in [-0.05, 0) is 39.5 Å². The lowest BCUT2D eigenvalue weighted by Gasteiger charge is -2.14. The quantitative estimate of drug-likeness (QED) is 0.665. The van der Waals surface area contributed by atoms with E-state index in [-0.39, 0.29) is 6.03 Å². The number of thiophene rings is 1. The van der Waals surface area contributed by atoms with Crippen molar-refractivity contribution in [3.05, 3.63) is 41.0 Å². The highest BCUT2D eigenvalue weighted by atomic mass is 79.9. The van der Waals surface area contributed by atoms with Gasteiger partial charge >= 0.3 is 6.03 Å². The Balaban J connectivity index is 1.48. The van der Waals surface area contributed by atoms with Crippen molar-refractivity contribution in [2.75, 3.05) is 31.5 Å². The first-order valence-electron chi connectivity index (χ1n) is 7.99. The molecule has 0 unspecified atom stereocenters. The first-order chi connectivity index (χ1) is 12.2. The van der Waals surface area contributed by atoms with Crippen LogP contribution in [0.2, 0.25) is 0 Å². The summed E-state index contributed by atoms with van der Waals surface area (Å²) in [6.45, 7) is 2.72. The predicted molar refractivity (Wildman–Crippen MR) is 104 cm³/mol. The van der Waals surface area contributed by atoms with Gasteiger partial charge in [0.15, 0.2) is 0 Å². The van der Waals surface area contributed by atoms with Gasteiger partial charge in [-0.3, -0.25) is 0 Å². The van der Waals surface area contributed by atoms with E-state index < -0.39 is 0 Å². The molecule has 2 aromatic heterocycles. The van der Waals surface area contributed by atoms with Crippen LogP contribution in [0.3, 0.4) is 0 Å². The molecule has 6 nitrogen and oxygen atoms in total. The first-order valence-corrected chi connectivity index (χ1v) is 9.60. The third-order valence-corrected chi connectivity index (χ3v) is 6.14. The number of hydrogen-bond donors (Lipinski definition) is 2. The zero-order valence-electron chi connectivity index (χ0n) is 13.3. The normalized spacial score (nSPS) is 14.1. The first kappa shape index (κ1) is 16.3. The zero-order valence-corrected chi connectivity index (χ0v) is 15.7. The molecule has 4 rings (SSSR count). The van der Waals surface area contributed by atoms with Gasteiger partial charge in [0.25, 0.3) is 0 Å². The summed E-state index contributed by atoms with van der Waals surface area (Å²) in [7, 11) is 0. The molecule has 3 aromatic rings. The number of amides is 2. The molecule has 2 amide bonds. The van der Waals surface area contributed by atoms with E-state index >= 15 is 0 Å². The molecule has 2 N–H and O–H groups in total. The Hall–Kier alpha value is -2.19. The van der Waals surface area contributed by atoms with E-state index in [4.69, 9.17) is 0 Å². The molecular formula is C17H16BrN5OS. The van der Waals surface area contributed by atoms with Gasteiger partial charge < -0.3 is 15.5 Å². The summed E-state index contributed by atoms with van der Waals surface area (Å²) in [5.41, 5.74) is 0.893. The van der Waals surface area contributed by atoms with Gasteiger partial charge in [-0.25, -0.2) is 14.8 Å². The molecule has 128 valence electrons. The minimum Gasteiger partial charge on any atom is -0.352 e. The Morgan fingerprint density at radius 1 is 1.36 bits per heavy atom. The molecule has 0 aliphatic carbocycles. The second-order valence-electron chi connectivity index (χ2n) is 5.68. The lowest BCUT2D eigenvalue weighted by Crippen LogP contribution is -2.32. The second-order valence-corrected chi connectivity index (χ2v) is 7.59. The molecule has 25 heavy (non-hydrogen) atoms. The average Bonchev–Trinajstić information content (AvgIpc) is 3.23. The van der Waals surface area contributed by atoms with Crippen LogP contribution in [0.15, 0.2) is 41.0 Å². The van der Waals surface area contributed by atoms with E-state index in [2.05, 4.69) is 48.7 Å². The van der Waals surface area contributed by atoms with Gasteiger partial charge in [-0.15, -0.1) is 11.3 Å². The highest BCUT2D eigenvalue weighted by Crippen LogP contribution is 2.36. The van der Waals surface area contributed by atoms with Crippen molar-refractivity contribution in [1.82, 2.24) is 20.2 Å². The Morgan fingerprint density at radius 2 is 2.28 bits per heavy atom. The van der Waals surface area contributed by atoms with Crippen molar-refractivity contribution in [1.29, 1.82) is 0 Å². The third-order valence-electron chi connectivity index (χ3n) is 4.01. The summed E-state index contributed by atoms with van der Waals surface area (Å²) in [5, 5.41) is 7.19. The summed E-state index contributed by atoms with van der Waals surface area (Å²) >= 11 is 5.30. The summed E-state index contributed by atoms with van der Waals surface area (Å²) in [6.07, 6.45) is 1.76. The molecule has 1 saturated heterocycles. The number of nitrogens with one attached hydrogen (secondary N) is 2. The predicted octanol–water partition coefficient (Wildman–Crippen LogP) is 3.56. The SMILES string of the molecule is O=C1NCCN1CCNc1nccc(-c2cc3cccc(Br)c3s2)n1. The molecule has 0 spiro atoms. The summed E-state index contributed by atoms with van der Waals surface area (Å²) in [5.74, 6) is 0.577. The number of nitrogens with zero attached hydrogens (tertiary/aromatic N) is 3. The maximum Gasteiger partial charge on any atom is 0.317 e. The van der Waals surface area contributed by atoms with Crippen molar-refractivity contribution in [3.8, 4) is 10.6 Å². The highest BCUT2D eigenvalue weighted by molar-refractivity contribution is 9.10. The molecule has 1 aliphatic rings. The summed E-state index contributed by atoms with van der Waals surface area (Å²) in [4.78, 5) is 23.3. The Labute approximate surface area is 157 Å². The molecule has 3 heterocycles. The topological polar surface area (TPSA) is 70.2 Å². The molecule has 0 bridgehead atoms. The number of urea groups is 1. The van der Waals surface area contributed by atoms with Crippen molar-refractivity contribution in [2.24, 2.45) is 0 Å². The number of carbonyl (C=O) groups is 1. The summed E-state index contributed by atoms with van der Waals surface area (Å²) in [6, 6.07) is 10.2. The Kier molecular flexibility index (Phi) is 4.54. The molecule has 0 atom stereocenters. The number of aromatic nitrogens is 2. The van der Waals surface area contributed by atoms with Gasteiger partial charge in [-0.1, -0.05) is 12.1 Å².